The zero-order valence-corrected chi connectivity index (χ0v) is 17.1. The van der Waals surface area contributed by atoms with Crippen LogP contribution in [0.1, 0.15) is 40.2 Å². The Morgan fingerprint density at radius 3 is 2.67 bits per heavy atom. The Bertz CT molecular complexity index is 1180. The van der Waals surface area contributed by atoms with E-state index in [1.54, 1.807) is 42.5 Å². The van der Waals surface area contributed by atoms with Crippen LogP contribution in [0.3, 0.4) is 0 Å². The second-order valence-corrected chi connectivity index (χ2v) is 9.32. The number of anilines is 1. The number of hydrogen-bond donors (Lipinski definition) is 2. The summed E-state index contributed by atoms with van der Waals surface area (Å²) in [5, 5.41) is 12.6. The summed E-state index contributed by atoms with van der Waals surface area (Å²) in [6, 6.07) is 15.3. The topological polar surface area (TPSA) is 96.4 Å². The number of hydrogen-bond acceptors (Lipinski definition) is 5. The molecule has 4 rings (SSSR count). The van der Waals surface area contributed by atoms with Crippen LogP contribution >= 0.6 is 0 Å². The largest absolute Gasteiger partial charge is 0.478 e. The van der Waals surface area contributed by atoms with Crippen molar-refractivity contribution in [3.63, 3.8) is 0 Å². The van der Waals surface area contributed by atoms with Crippen LogP contribution in [-0.2, 0) is 16.3 Å². The molecule has 1 aliphatic carbocycles. The molecule has 6 nitrogen and oxygen atoms in total. The molecule has 0 unspecified atom stereocenters. The summed E-state index contributed by atoms with van der Waals surface area (Å²) in [5.74, 6) is -0.830. The SMILES string of the molecule is O=C(O)c1ccncc1NC[C@H]1CCCc2cc(S(=O)(=O)c3ccccc3)ccc21. The van der Waals surface area contributed by atoms with Crippen LogP contribution in [0.25, 0.3) is 0 Å². The van der Waals surface area contributed by atoms with Crippen molar-refractivity contribution >= 4 is 21.5 Å². The molecule has 2 N–H and O–H groups in total. The molecule has 0 fully saturated rings. The van der Waals surface area contributed by atoms with Crippen molar-refractivity contribution in [3.05, 3.63) is 83.7 Å². The van der Waals surface area contributed by atoms with Gasteiger partial charge in [0.15, 0.2) is 0 Å². The van der Waals surface area contributed by atoms with Gasteiger partial charge in [0.05, 0.1) is 27.2 Å². The molecule has 3 aromatic rings. The lowest BCUT2D eigenvalue weighted by atomic mass is 9.83. The maximum absolute atomic E-state index is 12.9. The number of nitrogens with one attached hydrogen (secondary N) is 1. The highest BCUT2D eigenvalue weighted by atomic mass is 32.2. The van der Waals surface area contributed by atoms with E-state index in [0.717, 1.165) is 30.4 Å². The lowest BCUT2D eigenvalue weighted by Crippen LogP contribution is -2.19. The number of nitrogens with zero attached hydrogens (tertiary/aromatic N) is 1. The molecular formula is C23H22N2O4S. The molecule has 2 aromatic carbocycles. The first-order valence-electron chi connectivity index (χ1n) is 9.81. The van der Waals surface area contributed by atoms with Gasteiger partial charge in [0.25, 0.3) is 0 Å². The number of fused-ring (bicyclic) bond motifs is 1. The van der Waals surface area contributed by atoms with Crippen molar-refractivity contribution in [2.24, 2.45) is 0 Å². The summed E-state index contributed by atoms with van der Waals surface area (Å²) < 4.78 is 25.9. The Hall–Kier alpha value is -3.19. The van der Waals surface area contributed by atoms with E-state index in [0.29, 0.717) is 17.1 Å². The minimum Gasteiger partial charge on any atom is -0.478 e. The van der Waals surface area contributed by atoms with E-state index >= 15 is 0 Å². The Labute approximate surface area is 175 Å². The third kappa shape index (κ3) is 3.93. The van der Waals surface area contributed by atoms with Crippen LogP contribution in [-0.4, -0.2) is 31.0 Å². The van der Waals surface area contributed by atoms with Crippen LogP contribution < -0.4 is 5.32 Å². The lowest BCUT2D eigenvalue weighted by molar-refractivity contribution is 0.0697. The number of rotatable bonds is 6. The molecule has 1 aliphatic rings. The predicted molar refractivity (Wildman–Crippen MR) is 114 cm³/mol. The number of sulfone groups is 1. The second kappa shape index (κ2) is 8.28. The Morgan fingerprint density at radius 2 is 1.90 bits per heavy atom. The van der Waals surface area contributed by atoms with Crippen molar-refractivity contribution in [1.82, 2.24) is 4.98 Å². The molecule has 0 bridgehead atoms. The van der Waals surface area contributed by atoms with E-state index in [4.69, 9.17) is 0 Å². The van der Waals surface area contributed by atoms with E-state index in [1.165, 1.54) is 18.5 Å². The van der Waals surface area contributed by atoms with Gasteiger partial charge < -0.3 is 10.4 Å². The number of carbonyl (C=O) groups is 1. The first-order valence-corrected chi connectivity index (χ1v) is 11.3. The summed E-state index contributed by atoms with van der Waals surface area (Å²) in [4.78, 5) is 16.0. The smallest absolute Gasteiger partial charge is 0.337 e. The minimum absolute atomic E-state index is 0.170. The first kappa shape index (κ1) is 20.1. The molecule has 0 saturated carbocycles. The van der Waals surface area contributed by atoms with Gasteiger partial charge in [0.1, 0.15) is 0 Å². The van der Waals surface area contributed by atoms with Crippen LogP contribution in [0.4, 0.5) is 5.69 Å². The molecular weight excluding hydrogens is 400 g/mol. The predicted octanol–water partition coefficient (Wildman–Crippen LogP) is 4.14. The maximum Gasteiger partial charge on any atom is 0.337 e. The quantitative estimate of drug-likeness (QED) is 0.620. The molecule has 30 heavy (non-hydrogen) atoms. The van der Waals surface area contributed by atoms with Gasteiger partial charge in [-0.2, -0.15) is 0 Å². The zero-order chi connectivity index (χ0) is 21.1. The van der Waals surface area contributed by atoms with E-state index in [2.05, 4.69) is 10.3 Å². The Morgan fingerprint density at radius 1 is 1.10 bits per heavy atom. The zero-order valence-electron chi connectivity index (χ0n) is 16.3. The standard InChI is InChI=1S/C23H22N2O4S/c26-23(27)21-11-12-24-15-22(21)25-14-17-6-4-5-16-13-19(9-10-20(16)17)30(28,29)18-7-2-1-3-8-18/h1-3,7-13,15,17,25H,4-6,14H2,(H,26,27)/t17-/m1/s1. The normalized spacial score (nSPS) is 15.9. The van der Waals surface area contributed by atoms with Gasteiger partial charge in [-0.1, -0.05) is 24.3 Å². The molecule has 1 heterocycles. The molecule has 7 heteroatoms. The van der Waals surface area contributed by atoms with Crippen molar-refractivity contribution in [1.29, 1.82) is 0 Å². The second-order valence-electron chi connectivity index (χ2n) is 7.37. The molecule has 1 atom stereocenters. The van der Waals surface area contributed by atoms with Crippen molar-refractivity contribution in [3.8, 4) is 0 Å². The summed E-state index contributed by atoms with van der Waals surface area (Å²) in [7, 11) is -3.55. The number of aromatic nitrogens is 1. The minimum atomic E-state index is -3.55. The van der Waals surface area contributed by atoms with Crippen molar-refractivity contribution in [2.75, 3.05) is 11.9 Å². The van der Waals surface area contributed by atoms with Crippen molar-refractivity contribution < 1.29 is 18.3 Å². The maximum atomic E-state index is 12.9. The number of aromatic carboxylic acids is 1. The van der Waals surface area contributed by atoms with Gasteiger partial charge in [-0.3, -0.25) is 4.98 Å². The van der Waals surface area contributed by atoms with Gasteiger partial charge in [0.2, 0.25) is 9.84 Å². The van der Waals surface area contributed by atoms with Crippen LogP contribution in [0.2, 0.25) is 0 Å². The summed E-state index contributed by atoms with van der Waals surface area (Å²) >= 11 is 0. The van der Waals surface area contributed by atoms with Gasteiger partial charge in [-0.25, -0.2) is 13.2 Å². The monoisotopic (exact) mass is 422 g/mol. The fourth-order valence-corrected chi connectivity index (χ4v) is 5.29. The molecule has 0 radical (unpaired) electrons. The fraction of sp³-hybridized carbons (Fsp3) is 0.217. The van der Waals surface area contributed by atoms with Crippen LogP contribution in [0.5, 0.6) is 0 Å². The van der Waals surface area contributed by atoms with E-state index in [1.807, 2.05) is 6.07 Å². The van der Waals surface area contributed by atoms with E-state index in [9.17, 15) is 18.3 Å². The number of benzene rings is 2. The van der Waals surface area contributed by atoms with Gasteiger partial charge in [-0.15, -0.1) is 0 Å². The highest BCUT2D eigenvalue weighted by molar-refractivity contribution is 7.91. The number of pyridine rings is 1. The van der Waals surface area contributed by atoms with E-state index in [-0.39, 0.29) is 16.4 Å². The molecule has 0 spiro atoms. The molecule has 0 amide bonds. The average Bonchev–Trinajstić information content (AvgIpc) is 2.78. The van der Waals surface area contributed by atoms with Crippen LogP contribution in [0.15, 0.2) is 76.8 Å². The van der Waals surface area contributed by atoms with Crippen molar-refractivity contribution in [2.45, 2.75) is 35.0 Å². The molecule has 1 aromatic heterocycles. The van der Waals surface area contributed by atoms with Gasteiger partial charge in [-0.05, 0) is 60.7 Å². The number of carboxylic acids is 1. The summed E-state index contributed by atoms with van der Waals surface area (Å²) in [5.41, 5.74) is 2.82. The van der Waals surface area contributed by atoms with Crippen LogP contribution in [0, 0.1) is 0 Å². The summed E-state index contributed by atoms with van der Waals surface area (Å²) in [6.07, 6.45) is 5.71. The summed E-state index contributed by atoms with van der Waals surface area (Å²) in [6.45, 7) is 0.559. The third-order valence-electron chi connectivity index (χ3n) is 5.51. The lowest BCUT2D eigenvalue weighted by Gasteiger charge is -2.27. The Balaban J connectivity index is 1.58. The highest BCUT2D eigenvalue weighted by Gasteiger charge is 2.24. The molecule has 154 valence electrons. The number of aryl methyl sites for hydroxylation is 1. The van der Waals surface area contributed by atoms with E-state index < -0.39 is 15.8 Å². The molecule has 0 saturated heterocycles. The highest BCUT2D eigenvalue weighted by Crippen LogP contribution is 2.34. The average molecular weight is 423 g/mol. The first-order chi connectivity index (χ1) is 14.5. The van der Waals surface area contributed by atoms with Gasteiger partial charge in [0, 0.05) is 18.7 Å². The Kier molecular flexibility index (Phi) is 5.55. The fourth-order valence-electron chi connectivity index (χ4n) is 3.96. The number of carboxylic acid groups (broad SMARTS) is 1. The molecule has 0 aliphatic heterocycles. The third-order valence-corrected chi connectivity index (χ3v) is 7.27. The van der Waals surface area contributed by atoms with Gasteiger partial charge >= 0.3 is 5.97 Å².